The fourth-order valence-corrected chi connectivity index (χ4v) is 6.02. The highest BCUT2D eigenvalue weighted by Gasteiger charge is 2.37. The number of halogens is 1. The Labute approximate surface area is 159 Å². The van der Waals surface area contributed by atoms with Crippen molar-refractivity contribution < 1.29 is 22.8 Å². The molecule has 2 N–H and O–H groups in total. The summed E-state index contributed by atoms with van der Waals surface area (Å²) in [4.78, 5) is 15.7. The standard InChI is InChI=1S/C17H24ClN3O4S/c1-25-14-4-2-13(3-5-14)21-8-6-20(7-9-21)10-17(22)19-16-12-26(23,24)11-15(16)18/h2-5,15-16H,6-12H2,1H3,(H,19,22)/p+1/t15-,16-/m0/s1. The molecule has 0 aliphatic carbocycles. The highest BCUT2D eigenvalue weighted by molar-refractivity contribution is 7.91. The van der Waals surface area contributed by atoms with Crippen LogP contribution in [0.4, 0.5) is 5.69 Å². The van der Waals surface area contributed by atoms with Gasteiger partial charge in [0.2, 0.25) is 0 Å². The fraction of sp³-hybridized carbons (Fsp3) is 0.588. The van der Waals surface area contributed by atoms with Crippen molar-refractivity contribution in [3.05, 3.63) is 24.3 Å². The Kier molecular flexibility index (Phi) is 5.94. The van der Waals surface area contributed by atoms with Crippen molar-refractivity contribution in [2.75, 3.05) is 56.2 Å². The molecule has 1 amide bonds. The van der Waals surface area contributed by atoms with Crippen LogP contribution >= 0.6 is 11.6 Å². The van der Waals surface area contributed by atoms with Gasteiger partial charge in [0, 0.05) is 5.69 Å². The van der Waals surface area contributed by atoms with E-state index in [9.17, 15) is 13.2 Å². The van der Waals surface area contributed by atoms with Gasteiger partial charge in [0.05, 0.1) is 56.2 Å². The number of carbonyl (C=O) groups excluding carboxylic acids is 1. The highest BCUT2D eigenvalue weighted by atomic mass is 35.5. The molecule has 0 aromatic heterocycles. The summed E-state index contributed by atoms with van der Waals surface area (Å²) in [5, 5.41) is 2.25. The van der Waals surface area contributed by atoms with Crippen LogP contribution in [0.2, 0.25) is 0 Å². The molecule has 0 spiro atoms. The van der Waals surface area contributed by atoms with Gasteiger partial charge in [0.1, 0.15) is 5.75 Å². The van der Waals surface area contributed by atoms with Gasteiger partial charge >= 0.3 is 0 Å². The molecule has 26 heavy (non-hydrogen) atoms. The van der Waals surface area contributed by atoms with E-state index in [0.29, 0.717) is 6.54 Å². The molecule has 0 saturated carbocycles. The molecule has 7 nitrogen and oxygen atoms in total. The van der Waals surface area contributed by atoms with Crippen molar-refractivity contribution in [3.63, 3.8) is 0 Å². The molecular weight excluding hydrogens is 378 g/mol. The number of rotatable bonds is 5. The molecule has 2 fully saturated rings. The zero-order valence-electron chi connectivity index (χ0n) is 14.8. The maximum Gasteiger partial charge on any atom is 0.275 e. The number of hydrogen-bond donors (Lipinski definition) is 2. The minimum atomic E-state index is -3.14. The first-order chi connectivity index (χ1) is 12.4. The fourth-order valence-electron chi connectivity index (χ4n) is 3.47. The van der Waals surface area contributed by atoms with E-state index in [1.54, 1.807) is 7.11 Å². The molecule has 144 valence electrons. The molecule has 9 heteroatoms. The molecule has 0 unspecified atom stereocenters. The number of alkyl halides is 1. The maximum atomic E-state index is 12.2. The van der Waals surface area contributed by atoms with Crippen LogP contribution in [0.5, 0.6) is 5.75 Å². The van der Waals surface area contributed by atoms with E-state index in [4.69, 9.17) is 16.3 Å². The number of benzene rings is 1. The average Bonchev–Trinajstić information content (AvgIpc) is 2.87. The number of nitrogens with zero attached hydrogens (tertiary/aromatic N) is 1. The smallest absolute Gasteiger partial charge is 0.275 e. The Morgan fingerprint density at radius 1 is 1.27 bits per heavy atom. The second kappa shape index (κ2) is 8.02. The van der Waals surface area contributed by atoms with E-state index in [2.05, 4.69) is 10.2 Å². The number of anilines is 1. The predicted octanol–water partition coefficient (Wildman–Crippen LogP) is -1.08. The Bertz CT molecular complexity index is 733. The van der Waals surface area contributed by atoms with Gasteiger partial charge in [-0.15, -0.1) is 11.6 Å². The summed E-state index contributed by atoms with van der Waals surface area (Å²) >= 11 is 6.04. The molecule has 1 aromatic rings. The van der Waals surface area contributed by atoms with Crippen LogP contribution in [0.1, 0.15) is 0 Å². The third kappa shape index (κ3) is 4.81. The summed E-state index contributed by atoms with van der Waals surface area (Å²) in [6, 6.07) is 7.49. The number of nitrogens with one attached hydrogen (secondary N) is 2. The molecule has 2 saturated heterocycles. The van der Waals surface area contributed by atoms with Crippen molar-refractivity contribution in [3.8, 4) is 5.75 Å². The van der Waals surface area contributed by atoms with Crippen LogP contribution in [0.3, 0.4) is 0 Å². The van der Waals surface area contributed by atoms with Crippen molar-refractivity contribution in [2.45, 2.75) is 11.4 Å². The minimum absolute atomic E-state index is 0.0620. The van der Waals surface area contributed by atoms with Gasteiger partial charge in [0.15, 0.2) is 16.4 Å². The number of hydrogen-bond acceptors (Lipinski definition) is 5. The summed E-state index contributed by atoms with van der Waals surface area (Å²) in [6.45, 7) is 3.78. The van der Waals surface area contributed by atoms with E-state index in [1.165, 1.54) is 4.90 Å². The van der Waals surface area contributed by atoms with Crippen LogP contribution in [-0.2, 0) is 14.6 Å². The molecule has 0 bridgehead atoms. The quantitative estimate of drug-likeness (QED) is 0.612. The van der Waals surface area contributed by atoms with Crippen LogP contribution in [0, 0.1) is 0 Å². The lowest BCUT2D eigenvalue weighted by atomic mass is 10.2. The van der Waals surface area contributed by atoms with Gasteiger partial charge in [0.25, 0.3) is 5.91 Å². The summed E-state index contributed by atoms with van der Waals surface area (Å²) in [5.41, 5.74) is 1.15. The van der Waals surface area contributed by atoms with E-state index < -0.39 is 21.3 Å². The first kappa shape index (κ1) is 19.3. The number of sulfone groups is 1. The Balaban J connectivity index is 1.45. The van der Waals surface area contributed by atoms with Crippen LogP contribution in [0.15, 0.2) is 24.3 Å². The molecule has 2 aliphatic rings. The van der Waals surface area contributed by atoms with Crippen molar-refractivity contribution >= 4 is 33.0 Å². The molecule has 2 aliphatic heterocycles. The van der Waals surface area contributed by atoms with Crippen molar-refractivity contribution in [1.82, 2.24) is 5.32 Å². The van der Waals surface area contributed by atoms with E-state index in [-0.39, 0.29) is 17.4 Å². The second-order valence-corrected chi connectivity index (χ2v) is 9.59. The topological polar surface area (TPSA) is 80.2 Å². The monoisotopic (exact) mass is 402 g/mol. The van der Waals surface area contributed by atoms with E-state index >= 15 is 0 Å². The first-order valence-corrected chi connectivity index (χ1v) is 11.0. The third-order valence-electron chi connectivity index (χ3n) is 4.95. The van der Waals surface area contributed by atoms with E-state index in [1.807, 2.05) is 24.3 Å². The van der Waals surface area contributed by atoms with Crippen LogP contribution in [0.25, 0.3) is 0 Å². The summed E-state index contributed by atoms with van der Waals surface area (Å²) in [6.07, 6.45) is 0. The number of piperazine rings is 1. The number of amides is 1. The number of ether oxygens (including phenoxy) is 1. The Morgan fingerprint density at radius 3 is 2.46 bits per heavy atom. The molecule has 2 heterocycles. The SMILES string of the molecule is COc1ccc(N2CC[NH+](CC(=O)N[C@H]3CS(=O)(=O)C[C@@H]3Cl)CC2)cc1. The van der Waals surface area contributed by atoms with Gasteiger partial charge in [-0.05, 0) is 24.3 Å². The molecule has 3 rings (SSSR count). The molecule has 2 atom stereocenters. The predicted molar refractivity (Wildman–Crippen MR) is 101 cm³/mol. The zero-order chi connectivity index (χ0) is 18.7. The minimum Gasteiger partial charge on any atom is -0.497 e. The summed E-state index contributed by atoms with van der Waals surface area (Å²) in [7, 11) is -1.49. The highest BCUT2D eigenvalue weighted by Crippen LogP contribution is 2.19. The maximum absolute atomic E-state index is 12.2. The van der Waals surface area contributed by atoms with Gasteiger partial charge < -0.3 is 19.9 Å². The number of methoxy groups -OCH3 is 1. The summed E-state index contributed by atoms with van der Waals surface area (Å²) in [5.74, 6) is 0.576. The molecule has 1 aromatic carbocycles. The van der Waals surface area contributed by atoms with Crippen molar-refractivity contribution in [1.29, 1.82) is 0 Å². The molecule has 0 radical (unpaired) electrons. The lowest BCUT2D eigenvalue weighted by molar-refractivity contribution is -0.892. The van der Waals surface area contributed by atoms with Crippen molar-refractivity contribution in [2.24, 2.45) is 0 Å². The zero-order valence-corrected chi connectivity index (χ0v) is 16.4. The lowest BCUT2D eigenvalue weighted by Crippen LogP contribution is -3.16. The first-order valence-electron chi connectivity index (χ1n) is 8.73. The van der Waals surface area contributed by atoms with Crippen LogP contribution < -0.4 is 19.9 Å². The van der Waals surface area contributed by atoms with Gasteiger partial charge in [-0.2, -0.15) is 0 Å². The third-order valence-corrected chi connectivity index (χ3v) is 7.32. The Hall–Kier alpha value is -1.51. The van der Waals surface area contributed by atoms with Crippen LogP contribution in [-0.4, -0.2) is 77.1 Å². The number of quaternary nitrogens is 1. The van der Waals surface area contributed by atoms with Gasteiger partial charge in [-0.25, -0.2) is 8.42 Å². The number of carbonyl (C=O) groups is 1. The molecular formula is C17H25ClN3O4S+. The van der Waals surface area contributed by atoms with Gasteiger partial charge in [-0.3, -0.25) is 4.79 Å². The lowest BCUT2D eigenvalue weighted by Gasteiger charge is -2.33. The normalized spacial score (nSPS) is 25.8. The largest absolute Gasteiger partial charge is 0.497 e. The second-order valence-electron chi connectivity index (χ2n) is 6.88. The van der Waals surface area contributed by atoms with E-state index in [0.717, 1.165) is 37.6 Å². The van der Waals surface area contributed by atoms with Gasteiger partial charge in [-0.1, -0.05) is 0 Å². The Morgan fingerprint density at radius 2 is 1.92 bits per heavy atom. The average molecular weight is 403 g/mol. The summed E-state index contributed by atoms with van der Waals surface area (Å²) < 4.78 is 28.3.